The van der Waals surface area contributed by atoms with E-state index < -0.39 is 0 Å². The molecule has 0 bridgehead atoms. The van der Waals surface area contributed by atoms with Gasteiger partial charge in [-0.05, 0) is 53.3 Å². The molecule has 5 heteroatoms. The standard InChI is InChI=1S/C14H15ClFIN2/c1-8(9-2-3-9)7-19-13-4-10(16)11(17)5-12(13)18-14(19)6-15/h4-5,8-9H,2-3,6-7H2,1H3. The summed E-state index contributed by atoms with van der Waals surface area (Å²) >= 11 is 7.98. The Morgan fingerprint density at radius 1 is 1.53 bits per heavy atom. The molecule has 1 aromatic heterocycles. The summed E-state index contributed by atoms with van der Waals surface area (Å²) in [6, 6.07) is 3.37. The van der Waals surface area contributed by atoms with Gasteiger partial charge in [0.05, 0.1) is 20.5 Å². The van der Waals surface area contributed by atoms with Crippen molar-refractivity contribution in [1.29, 1.82) is 0 Å². The number of aromatic nitrogens is 2. The largest absolute Gasteiger partial charge is 0.327 e. The second-order valence-electron chi connectivity index (χ2n) is 5.34. The number of halogens is 3. The summed E-state index contributed by atoms with van der Waals surface area (Å²) in [5, 5.41) is 0. The van der Waals surface area contributed by atoms with Gasteiger partial charge in [-0.1, -0.05) is 6.92 Å². The fourth-order valence-corrected chi connectivity index (χ4v) is 3.23. The third-order valence-electron chi connectivity index (χ3n) is 3.89. The van der Waals surface area contributed by atoms with Gasteiger partial charge in [-0.15, -0.1) is 11.6 Å². The Morgan fingerprint density at radius 2 is 2.26 bits per heavy atom. The van der Waals surface area contributed by atoms with Crippen LogP contribution in [0.25, 0.3) is 11.0 Å². The van der Waals surface area contributed by atoms with Crippen LogP contribution in [0.4, 0.5) is 4.39 Å². The Morgan fingerprint density at radius 3 is 2.89 bits per heavy atom. The van der Waals surface area contributed by atoms with Crippen LogP contribution in [0, 0.1) is 21.2 Å². The maximum Gasteiger partial charge on any atom is 0.138 e. The molecule has 19 heavy (non-hydrogen) atoms. The number of alkyl halides is 1. The zero-order valence-electron chi connectivity index (χ0n) is 10.7. The van der Waals surface area contributed by atoms with Crippen molar-refractivity contribution >= 4 is 45.2 Å². The van der Waals surface area contributed by atoms with Gasteiger partial charge in [0.1, 0.15) is 11.6 Å². The number of benzene rings is 1. The summed E-state index contributed by atoms with van der Waals surface area (Å²) in [6.07, 6.45) is 2.63. The van der Waals surface area contributed by atoms with Crippen molar-refractivity contribution in [2.45, 2.75) is 32.2 Å². The molecule has 1 aromatic carbocycles. The minimum atomic E-state index is -0.186. The van der Waals surface area contributed by atoms with E-state index >= 15 is 0 Å². The number of imidazole rings is 1. The van der Waals surface area contributed by atoms with Crippen LogP contribution in [-0.2, 0) is 12.4 Å². The maximum atomic E-state index is 13.8. The third kappa shape index (κ3) is 2.61. The van der Waals surface area contributed by atoms with E-state index in [0.717, 1.165) is 29.3 Å². The normalized spacial score (nSPS) is 17.1. The highest BCUT2D eigenvalue weighted by Gasteiger charge is 2.29. The molecule has 0 amide bonds. The quantitative estimate of drug-likeness (QED) is 0.551. The Hall–Kier alpha value is -0.360. The Balaban J connectivity index is 2.06. The van der Waals surface area contributed by atoms with Gasteiger partial charge in [-0.25, -0.2) is 9.37 Å². The fourth-order valence-electron chi connectivity index (χ4n) is 2.58. The van der Waals surface area contributed by atoms with Crippen molar-refractivity contribution in [2.24, 2.45) is 11.8 Å². The summed E-state index contributed by atoms with van der Waals surface area (Å²) in [4.78, 5) is 4.53. The molecule has 3 rings (SSSR count). The summed E-state index contributed by atoms with van der Waals surface area (Å²) < 4.78 is 16.5. The topological polar surface area (TPSA) is 17.8 Å². The molecule has 1 atom stereocenters. The lowest BCUT2D eigenvalue weighted by Crippen LogP contribution is -2.11. The van der Waals surface area contributed by atoms with Crippen molar-refractivity contribution in [3.8, 4) is 0 Å². The first-order chi connectivity index (χ1) is 9.10. The molecule has 102 valence electrons. The molecular weight excluding hydrogens is 378 g/mol. The van der Waals surface area contributed by atoms with E-state index in [1.807, 2.05) is 22.6 Å². The van der Waals surface area contributed by atoms with Crippen molar-refractivity contribution in [2.75, 3.05) is 0 Å². The zero-order chi connectivity index (χ0) is 13.6. The number of hydrogen-bond acceptors (Lipinski definition) is 1. The smallest absolute Gasteiger partial charge is 0.138 e. The van der Waals surface area contributed by atoms with Crippen LogP contribution in [0.1, 0.15) is 25.6 Å². The summed E-state index contributed by atoms with van der Waals surface area (Å²) in [5.41, 5.74) is 1.70. The molecule has 0 spiro atoms. The molecule has 0 saturated heterocycles. The Bertz CT molecular complexity index is 621. The lowest BCUT2D eigenvalue weighted by Gasteiger charge is -2.14. The number of nitrogens with zero attached hydrogens (tertiary/aromatic N) is 2. The highest BCUT2D eigenvalue weighted by Crippen LogP contribution is 2.38. The molecule has 1 heterocycles. The molecule has 0 radical (unpaired) electrons. The van der Waals surface area contributed by atoms with Crippen LogP contribution < -0.4 is 0 Å². The molecule has 1 fully saturated rings. The molecule has 1 aliphatic carbocycles. The fraction of sp³-hybridized carbons (Fsp3) is 0.500. The van der Waals surface area contributed by atoms with Gasteiger partial charge in [0.2, 0.25) is 0 Å². The average Bonchev–Trinajstić information content (AvgIpc) is 3.17. The lowest BCUT2D eigenvalue weighted by atomic mass is 10.1. The molecule has 0 aliphatic heterocycles. The first-order valence-corrected chi connectivity index (χ1v) is 8.11. The van der Waals surface area contributed by atoms with Gasteiger partial charge in [0.25, 0.3) is 0 Å². The van der Waals surface area contributed by atoms with Crippen LogP contribution in [0.15, 0.2) is 12.1 Å². The van der Waals surface area contributed by atoms with Gasteiger partial charge in [0.15, 0.2) is 0 Å². The second-order valence-corrected chi connectivity index (χ2v) is 6.77. The summed E-state index contributed by atoms with van der Waals surface area (Å²) in [5.74, 6) is 2.43. The zero-order valence-corrected chi connectivity index (χ0v) is 13.6. The molecular formula is C14H15ClFIN2. The van der Waals surface area contributed by atoms with Gasteiger partial charge in [0, 0.05) is 12.6 Å². The lowest BCUT2D eigenvalue weighted by molar-refractivity contribution is 0.430. The Labute approximate surface area is 130 Å². The van der Waals surface area contributed by atoms with E-state index in [1.54, 1.807) is 12.1 Å². The van der Waals surface area contributed by atoms with Gasteiger partial charge in [-0.2, -0.15) is 0 Å². The van der Waals surface area contributed by atoms with Crippen LogP contribution >= 0.6 is 34.2 Å². The number of hydrogen-bond donors (Lipinski definition) is 0. The molecule has 1 aliphatic rings. The number of rotatable bonds is 4. The van der Waals surface area contributed by atoms with Crippen molar-refractivity contribution in [1.82, 2.24) is 9.55 Å². The number of fused-ring (bicyclic) bond motifs is 1. The van der Waals surface area contributed by atoms with E-state index in [4.69, 9.17) is 11.6 Å². The van der Waals surface area contributed by atoms with Crippen LogP contribution in [0.2, 0.25) is 0 Å². The predicted octanol–water partition coefficient (Wildman–Crippen LogP) is 4.56. The SMILES string of the molecule is CC(Cn1c(CCl)nc2cc(I)c(F)cc21)C1CC1. The van der Waals surface area contributed by atoms with Gasteiger partial charge in [-0.3, -0.25) is 0 Å². The Kier molecular flexibility index (Phi) is 3.73. The van der Waals surface area contributed by atoms with Crippen LogP contribution in [0.3, 0.4) is 0 Å². The summed E-state index contributed by atoms with van der Waals surface area (Å²) in [6.45, 7) is 3.13. The predicted molar refractivity (Wildman–Crippen MR) is 83.9 cm³/mol. The van der Waals surface area contributed by atoms with Crippen molar-refractivity contribution in [3.05, 3.63) is 27.3 Å². The van der Waals surface area contributed by atoms with Gasteiger partial charge >= 0.3 is 0 Å². The molecule has 0 N–H and O–H groups in total. The minimum absolute atomic E-state index is 0.186. The van der Waals surface area contributed by atoms with E-state index in [0.29, 0.717) is 15.4 Å². The second kappa shape index (κ2) is 5.20. The first-order valence-electron chi connectivity index (χ1n) is 6.50. The molecule has 2 aromatic rings. The van der Waals surface area contributed by atoms with Crippen molar-refractivity contribution < 1.29 is 4.39 Å². The average molecular weight is 393 g/mol. The van der Waals surface area contributed by atoms with E-state index in [2.05, 4.69) is 16.5 Å². The highest BCUT2D eigenvalue weighted by molar-refractivity contribution is 14.1. The summed E-state index contributed by atoms with van der Waals surface area (Å²) in [7, 11) is 0. The molecule has 2 nitrogen and oxygen atoms in total. The van der Waals surface area contributed by atoms with Crippen LogP contribution in [-0.4, -0.2) is 9.55 Å². The van der Waals surface area contributed by atoms with E-state index in [1.165, 1.54) is 12.8 Å². The van der Waals surface area contributed by atoms with Crippen LogP contribution in [0.5, 0.6) is 0 Å². The van der Waals surface area contributed by atoms with Gasteiger partial charge < -0.3 is 4.57 Å². The minimum Gasteiger partial charge on any atom is -0.327 e. The third-order valence-corrected chi connectivity index (χ3v) is 4.95. The van der Waals surface area contributed by atoms with E-state index in [9.17, 15) is 4.39 Å². The molecule has 1 unspecified atom stereocenters. The van der Waals surface area contributed by atoms with E-state index in [-0.39, 0.29) is 5.82 Å². The van der Waals surface area contributed by atoms with Crippen molar-refractivity contribution in [3.63, 3.8) is 0 Å². The molecule has 1 saturated carbocycles. The monoisotopic (exact) mass is 392 g/mol. The first kappa shape index (κ1) is 13.6. The highest BCUT2D eigenvalue weighted by atomic mass is 127. The maximum absolute atomic E-state index is 13.8.